The zero-order valence-electron chi connectivity index (χ0n) is 17.0. The number of rotatable bonds is 3. The highest BCUT2D eigenvalue weighted by Gasteiger charge is 2.19. The number of hydrogen-bond donors (Lipinski definition) is 0. The molecule has 0 saturated heterocycles. The van der Waals surface area contributed by atoms with E-state index in [9.17, 15) is 0 Å². The molecule has 136 valence electrons. The number of benzene rings is 2. The number of anilines is 2. The number of nitrogens with zero attached hydrogens (tertiary/aromatic N) is 1. The molecule has 3 rings (SSSR count). The minimum atomic E-state index is 0.171. The lowest BCUT2D eigenvalue weighted by atomic mass is 9.86. The van der Waals surface area contributed by atoms with Gasteiger partial charge in [0.25, 0.3) is 0 Å². The predicted octanol–water partition coefficient (Wildman–Crippen LogP) is 7.26. The summed E-state index contributed by atoms with van der Waals surface area (Å²) in [7, 11) is 0. The van der Waals surface area contributed by atoms with Crippen molar-refractivity contribution in [1.82, 2.24) is 0 Å². The summed E-state index contributed by atoms with van der Waals surface area (Å²) in [5, 5.41) is 0. The van der Waals surface area contributed by atoms with Gasteiger partial charge in [-0.15, -0.1) is 0 Å². The first-order valence-electron chi connectivity index (χ1n) is 9.54. The first-order valence-corrected chi connectivity index (χ1v) is 9.54. The Morgan fingerprint density at radius 3 is 1.38 bits per heavy atom. The Labute approximate surface area is 159 Å². The summed E-state index contributed by atoms with van der Waals surface area (Å²) in [4.78, 5) is 2.35. The Bertz CT molecular complexity index is 749. The maximum atomic E-state index is 2.35. The van der Waals surface area contributed by atoms with Gasteiger partial charge in [0, 0.05) is 17.1 Å². The van der Waals surface area contributed by atoms with Crippen LogP contribution < -0.4 is 4.90 Å². The van der Waals surface area contributed by atoms with Gasteiger partial charge in [-0.05, 0) is 58.7 Å². The summed E-state index contributed by atoms with van der Waals surface area (Å²) in [6.45, 7) is 13.5. The fraction of sp³-hybridized carbons (Fsp3) is 0.360. The Morgan fingerprint density at radius 2 is 1.08 bits per heavy atom. The topological polar surface area (TPSA) is 3.24 Å². The lowest BCUT2D eigenvalue weighted by Crippen LogP contribution is -2.16. The number of hydrogen-bond acceptors (Lipinski definition) is 1. The molecule has 1 aliphatic rings. The highest BCUT2D eigenvalue weighted by molar-refractivity contribution is 5.71. The van der Waals surface area contributed by atoms with Crippen LogP contribution in [-0.2, 0) is 10.8 Å². The maximum absolute atomic E-state index is 2.35. The molecule has 1 nitrogen and oxygen atoms in total. The molecule has 26 heavy (non-hydrogen) atoms. The monoisotopic (exact) mass is 345 g/mol. The van der Waals surface area contributed by atoms with E-state index >= 15 is 0 Å². The van der Waals surface area contributed by atoms with E-state index < -0.39 is 0 Å². The highest BCUT2D eigenvalue weighted by atomic mass is 15.1. The molecule has 2 aromatic carbocycles. The van der Waals surface area contributed by atoms with Crippen LogP contribution in [0.1, 0.15) is 59.1 Å². The summed E-state index contributed by atoms with van der Waals surface area (Å²) in [5.74, 6) is 0. The highest BCUT2D eigenvalue weighted by Crippen LogP contribution is 2.35. The Kier molecular flexibility index (Phi) is 4.84. The molecule has 2 aromatic rings. The molecule has 0 bridgehead atoms. The van der Waals surface area contributed by atoms with Crippen molar-refractivity contribution >= 4 is 11.4 Å². The van der Waals surface area contributed by atoms with Gasteiger partial charge >= 0.3 is 0 Å². The zero-order chi connectivity index (χ0) is 18.9. The lowest BCUT2D eigenvalue weighted by Gasteiger charge is -2.28. The fourth-order valence-electron chi connectivity index (χ4n) is 3.28. The van der Waals surface area contributed by atoms with E-state index in [1.54, 1.807) is 0 Å². The third kappa shape index (κ3) is 3.93. The van der Waals surface area contributed by atoms with Gasteiger partial charge in [0.15, 0.2) is 0 Å². The van der Waals surface area contributed by atoms with Crippen molar-refractivity contribution in [2.45, 2.75) is 58.8 Å². The molecule has 0 saturated carbocycles. The van der Waals surface area contributed by atoms with Crippen LogP contribution in [0.15, 0.2) is 72.5 Å². The quantitative estimate of drug-likeness (QED) is 0.565. The Hall–Kier alpha value is -2.28. The molecule has 0 spiro atoms. The minimum absolute atomic E-state index is 0.171. The predicted molar refractivity (Wildman–Crippen MR) is 114 cm³/mol. The van der Waals surface area contributed by atoms with Crippen LogP contribution in [0.3, 0.4) is 0 Å². The molecule has 0 heterocycles. The van der Waals surface area contributed by atoms with Crippen molar-refractivity contribution in [3.05, 3.63) is 83.6 Å². The van der Waals surface area contributed by atoms with E-state index in [0.717, 1.165) is 6.42 Å². The van der Waals surface area contributed by atoms with Gasteiger partial charge in [0.1, 0.15) is 0 Å². The summed E-state index contributed by atoms with van der Waals surface area (Å²) >= 11 is 0. The van der Waals surface area contributed by atoms with Crippen molar-refractivity contribution in [2.75, 3.05) is 4.90 Å². The first kappa shape index (κ1) is 18.5. The van der Waals surface area contributed by atoms with Crippen LogP contribution >= 0.6 is 0 Å². The summed E-state index contributed by atoms with van der Waals surface area (Å²) < 4.78 is 0. The zero-order valence-corrected chi connectivity index (χ0v) is 17.0. The van der Waals surface area contributed by atoms with Gasteiger partial charge in [0.2, 0.25) is 0 Å². The van der Waals surface area contributed by atoms with E-state index in [1.807, 2.05) is 0 Å². The van der Waals surface area contributed by atoms with Crippen LogP contribution in [-0.4, -0.2) is 0 Å². The van der Waals surface area contributed by atoms with Crippen LogP contribution in [0, 0.1) is 0 Å². The molecule has 0 radical (unpaired) electrons. The molecule has 1 aliphatic carbocycles. The van der Waals surface area contributed by atoms with E-state index in [2.05, 4.69) is 113 Å². The van der Waals surface area contributed by atoms with E-state index in [4.69, 9.17) is 0 Å². The second kappa shape index (κ2) is 6.79. The standard InChI is InChI=1S/C25H31N/c1-24(2,3)19-11-15-22(16-12-19)26(21-9-7-8-10-21)23-17-13-20(14-18-23)25(4,5)6/h7,9-18H,8H2,1-6H3. The second-order valence-corrected chi connectivity index (χ2v) is 9.20. The van der Waals surface area contributed by atoms with E-state index in [1.165, 1.54) is 28.2 Å². The third-order valence-corrected chi connectivity index (χ3v) is 4.99. The molecular formula is C25H31N. The van der Waals surface area contributed by atoms with Gasteiger partial charge in [-0.1, -0.05) is 78.0 Å². The van der Waals surface area contributed by atoms with Gasteiger partial charge < -0.3 is 4.90 Å². The van der Waals surface area contributed by atoms with Crippen molar-refractivity contribution < 1.29 is 0 Å². The molecule has 0 fully saturated rings. The van der Waals surface area contributed by atoms with Crippen molar-refractivity contribution in [3.63, 3.8) is 0 Å². The summed E-state index contributed by atoms with van der Waals surface area (Å²) in [6, 6.07) is 18.0. The third-order valence-electron chi connectivity index (χ3n) is 4.99. The van der Waals surface area contributed by atoms with Crippen LogP contribution in [0.25, 0.3) is 0 Å². The average molecular weight is 346 g/mol. The molecule has 0 unspecified atom stereocenters. The van der Waals surface area contributed by atoms with Crippen LogP contribution in [0.2, 0.25) is 0 Å². The molecule has 0 N–H and O–H groups in total. The van der Waals surface area contributed by atoms with Crippen LogP contribution in [0.4, 0.5) is 11.4 Å². The van der Waals surface area contributed by atoms with Crippen molar-refractivity contribution in [3.8, 4) is 0 Å². The molecule has 0 aliphatic heterocycles. The normalized spacial score (nSPS) is 14.5. The minimum Gasteiger partial charge on any atom is -0.311 e. The summed E-state index contributed by atoms with van der Waals surface area (Å²) in [5.41, 5.74) is 6.73. The van der Waals surface area contributed by atoms with Crippen molar-refractivity contribution in [2.24, 2.45) is 0 Å². The van der Waals surface area contributed by atoms with Gasteiger partial charge in [-0.3, -0.25) is 0 Å². The smallest absolute Gasteiger partial charge is 0.0461 e. The first-order chi connectivity index (χ1) is 12.2. The average Bonchev–Trinajstić information content (AvgIpc) is 3.08. The molecule has 0 atom stereocenters. The van der Waals surface area contributed by atoms with Gasteiger partial charge in [-0.25, -0.2) is 0 Å². The van der Waals surface area contributed by atoms with Crippen molar-refractivity contribution in [1.29, 1.82) is 0 Å². The Morgan fingerprint density at radius 1 is 0.654 bits per heavy atom. The SMILES string of the molecule is CC(C)(C)c1ccc(N(C2=CCC=C2)c2ccc(C(C)(C)C)cc2)cc1. The number of allylic oxidation sites excluding steroid dienone is 3. The largest absolute Gasteiger partial charge is 0.311 e. The fourth-order valence-corrected chi connectivity index (χ4v) is 3.28. The molecule has 0 amide bonds. The van der Waals surface area contributed by atoms with E-state index in [-0.39, 0.29) is 10.8 Å². The molecular weight excluding hydrogens is 314 g/mol. The maximum Gasteiger partial charge on any atom is 0.0461 e. The molecule has 0 aromatic heterocycles. The second-order valence-electron chi connectivity index (χ2n) is 9.20. The summed E-state index contributed by atoms with van der Waals surface area (Å²) in [6.07, 6.45) is 7.73. The Balaban J connectivity index is 2.00. The van der Waals surface area contributed by atoms with E-state index in [0.29, 0.717) is 0 Å². The lowest BCUT2D eigenvalue weighted by molar-refractivity contribution is 0.590. The molecule has 1 heteroatoms. The van der Waals surface area contributed by atoms with Gasteiger partial charge in [-0.2, -0.15) is 0 Å². The van der Waals surface area contributed by atoms with Crippen LogP contribution in [0.5, 0.6) is 0 Å². The van der Waals surface area contributed by atoms with Gasteiger partial charge in [0.05, 0.1) is 0 Å².